The molecule has 2 aliphatic carbocycles. The first-order chi connectivity index (χ1) is 9.74. The fourth-order valence-corrected chi connectivity index (χ4v) is 2.87. The van der Waals surface area contributed by atoms with E-state index in [1.54, 1.807) is 0 Å². The molecule has 20 heavy (non-hydrogen) atoms. The van der Waals surface area contributed by atoms with Gasteiger partial charge in [0.25, 0.3) is 0 Å². The van der Waals surface area contributed by atoms with Crippen LogP contribution < -0.4 is 15.0 Å². The Morgan fingerprint density at radius 3 is 2.50 bits per heavy atom. The van der Waals surface area contributed by atoms with Gasteiger partial charge in [0, 0.05) is 38.4 Å². The Labute approximate surface area is 122 Å². The van der Waals surface area contributed by atoms with E-state index in [2.05, 4.69) is 42.5 Å². The average molecular weight is 274 g/mol. The minimum absolute atomic E-state index is 0.757. The summed E-state index contributed by atoms with van der Waals surface area (Å²) in [5, 5.41) is 3.72. The molecule has 3 heteroatoms. The van der Waals surface area contributed by atoms with Gasteiger partial charge in [0.2, 0.25) is 0 Å². The predicted molar refractivity (Wildman–Crippen MR) is 83.5 cm³/mol. The summed E-state index contributed by atoms with van der Waals surface area (Å²) in [6.07, 6.45) is 5.72. The van der Waals surface area contributed by atoms with Gasteiger partial charge in [-0.25, -0.2) is 0 Å². The minimum atomic E-state index is 0.757. The first-order valence-corrected chi connectivity index (χ1v) is 7.87. The molecule has 1 N–H and O–H groups in total. The van der Waals surface area contributed by atoms with Gasteiger partial charge in [0.1, 0.15) is 12.4 Å². The summed E-state index contributed by atoms with van der Waals surface area (Å²) >= 11 is 0. The Bertz CT molecular complexity index is 426. The maximum atomic E-state index is 5.86. The average Bonchev–Trinajstić information content (AvgIpc) is 3.32. The van der Waals surface area contributed by atoms with Gasteiger partial charge in [-0.2, -0.15) is 0 Å². The van der Waals surface area contributed by atoms with Crippen molar-refractivity contribution in [3.63, 3.8) is 0 Å². The van der Waals surface area contributed by atoms with Crippen LogP contribution in [-0.2, 0) is 0 Å². The second-order valence-corrected chi connectivity index (χ2v) is 6.40. The van der Waals surface area contributed by atoms with E-state index >= 15 is 0 Å². The van der Waals surface area contributed by atoms with E-state index in [1.165, 1.54) is 31.4 Å². The molecule has 2 fully saturated rings. The van der Waals surface area contributed by atoms with Gasteiger partial charge in [0.05, 0.1) is 0 Å². The van der Waals surface area contributed by atoms with Crippen LogP contribution >= 0.6 is 0 Å². The Balaban J connectivity index is 1.41. The summed E-state index contributed by atoms with van der Waals surface area (Å²) in [6, 6.07) is 9.05. The SMILES string of the molecule is CN(C)c1cccc(OCCNC(C2CC2)C2CC2)c1. The number of anilines is 1. The molecule has 1 aromatic rings. The highest BCUT2D eigenvalue weighted by molar-refractivity contribution is 5.49. The van der Waals surface area contributed by atoms with Gasteiger partial charge in [0.15, 0.2) is 0 Å². The third kappa shape index (κ3) is 3.66. The summed E-state index contributed by atoms with van der Waals surface area (Å²) in [7, 11) is 4.10. The number of benzene rings is 1. The molecular formula is C17H26N2O. The summed E-state index contributed by atoms with van der Waals surface area (Å²) in [6.45, 7) is 1.72. The molecule has 0 radical (unpaired) electrons. The van der Waals surface area contributed by atoms with E-state index in [0.717, 1.165) is 36.8 Å². The van der Waals surface area contributed by atoms with Crippen molar-refractivity contribution in [1.29, 1.82) is 0 Å². The maximum absolute atomic E-state index is 5.86. The number of ether oxygens (including phenoxy) is 1. The lowest BCUT2D eigenvalue weighted by molar-refractivity contribution is 0.294. The normalized spacial score (nSPS) is 18.4. The van der Waals surface area contributed by atoms with E-state index in [1.807, 2.05) is 6.07 Å². The van der Waals surface area contributed by atoms with Gasteiger partial charge in [-0.05, 0) is 49.7 Å². The molecule has 1 aromatic carbocycles. The molecule has 2 aliphatic rings. The highest BCUT2D eigenvalue weighted by Crippen LogP contribution is 2.44. The molecule has 2 saturated carbocycles. The van der Waals surface area contributed by atoms with Crippen molar-refractivity contribution in [2.45, 2.75) is 31.7 Å². The molecule has 0 aromatic heterocycles. The van der Waals surface area contributed by atoms with Crippen LogP contribution in [0.5, 0.6) is 5.75 Å². The molecular weight excluding hydrogens is 248 g/mol. The molecule has 0 amide bonds. The number of hydrogen-bond donors (Lipinski definition) is 1. The summed E-state index contributed by atoms with van der Waals surface area (Å²) in [4.78, 5) is 2.10. The van der Waals surface area contributed by atoms with Crippen molar-refractivity contribution < 1.29 is 4.74 Å². The molecule has 0 bridgehead atoms. The first-order valence-electron chi connectivity index (χ1n) is 7.87. The summed E-state index contributed by atoms with van der Waals surface area (Å²) in [5.41, 5.74) is 1.18. The molecule has 0 spiro atoms. The highest BCUT2D eigenvalue weighted by atomic mass is 16.5. The monoisotopic (exact) mass is 274 g/mol. The third-order valence-corrected chi connectivity index (χ3v) is 4.34. The zero-order valence-corrected chi connectivity index (χ0v) is 12.6. The standard InChI is InChI=1S/C17H26N2O/c1-19(2)15-4-3-5-16(12-15)20-11-10-18-17(13-6-7-13)14-8-9-14/h3-5,12-14,17-18H,6-11H2,1-2H3. The lowest BCUT2D eigenvalue weighted by atomic mass is 10.1. The number of rotatable bonds is 8. The Morgan fingerprint density at radius 1 is 1.20 bits per heavy atom. The van der Waals surface area contributed by atoms with Crippen LogP contribution in [0.25, 0.3) is 0 Å². The molecule has 3 rings (SSSR count). The lowest BCUT2D eigenvalue weighted by Crippen LogP contribution is -2.36. The van der Waals surface area contributed by atoms with Crippen LogP contribution in [0.3, 0.4) is 0 Å². The van der Waals surface area contributed by atoms with Crippen LogP contribution in [0, 0.1) is 11.8 Å². The van der Waals surface area contributed by atoms with Gasteiger partial charge in [-0.3, -0.25) is 0 Å². The van der Waals surface area contributed by atoms with Crippen molar-refractivity contribution in [3.8, 4) is 5.75 Å². The topological polar surface area (TPSA) is 24.5 Å². The maximum Gasteiger partial charge on any atom is 0.121 e. The van der Waals surface area contributed by atoms with Crippen LogP contribution in [0.4, 0.5) is 5.69 Å². The second-order valence-electron chi connectivity index (χ2n) is 6.40. The molecule has 0 unspecified atom stereocenters. The zero-order chi connectivity index (χ0) is 13.9. The van der Waals surface area contributed by atoms with Crippen LogP contribution in [0.1, 0.15) is 25.7 Å². The lowest BCUT2D eigenvalue weighted by Gasteiger charge is -2.18. The largest absolute Gasteiger partial charge is 0.492 e. The molecule has 3 nitrogen and oxygen atoms in total. The van der Waals surface area contributed by atoms with Gasteiger partial charge in [-0.1, -0.05) is 6.07 Å². The Kier molecular flexibility index (Phi) is 4.16. The molecule has 0 aliphatic heterocycles. The van der Waals surface area contributed by atoms with E-state index in [0.29, 0.717) is 0 Å². The first kappa shape index (κ1) is 13.7. The van der Waals surface area contributed by atoms with Gasteiger partial charge < -0.3 is 15.0 Å². The third-order valence-electron chi connectivity index (χ3n) is 4.34. The molecule has 0 heterocycles. The van der Waals surface area contributed by atoms with Crippen molar-refractivity contribution in [2.75, 3.05) is 32.1 Å². The summed E-state index contributed by atoms with van der Waals surface area (Å²) in [5.74, 6) is 2.88. The van der Waals surface area contributed by atoms with Crippen molar-refractivity contribution in [2.24, 2.45) is 11.8 Å². The highest BCUT2D eigenvalue weighted by Gasteiger charge is 2.40. The van der Waals surface area contributed by atoms with E-state index in [9.17, 15) is 0 Å². The van der Waals surface area contributed by atoms with E-state index < -0.39 is 0 Å². The number of nitrogens with one attached hydrogen (secondary N) is 1. The Hall–Kier alpha value is -1.22. The van der Waals surface area contributed by atoms with Crippen LogP contribution in [0.15, 0.2) is 24.3 Å². The fourth-order valence-electron chi connectivity index (χ4n) is 2.87. The second kappa shape index (κ2) is 6.04. The number of nitrogens with zero attached hydrogens (tertiary/aromatic N) is 1. The summed E-state index contributed by atoms with van der Waals surface area (Å²) < 4.78 is 5.86. The van der Waals surface area contributed by atoms with Gasteiger partial charge >= 0.3 is 0 Å². The Morgan fingerprint density at radius 2 is 1.90 bits per heavy atom. The van der Waals surface area contributed by atoms with Gasteiger partial charge in [-0.15, -0.1) is 0 Å². The van der Waals surface area contributed by atoms with Crippen molar-refractivity contribution in [1.82, 2.24) is 5.32 Å². The van der Waals surface area contributed by atoms with Crippen molar-refractivity contribution in [3.05, 3.63) is 24.3 Å². The van der Waals surface area contributed by atoms with Crippen LogP contribution in [0.2, 0.25) is 0 Å². The van der Waals surface area contributed by atoms with Crippen LogP contribution in [-0.4, -0.2) is 33.3 Å². The molecule has 0 atom stereocenters. The predicted octanol–water partition coefficient (Wildman–Crippen LogP) is 2.91. The fraction of sp³-hybridized carbons (Fsp3) is 0.647. The number of hydrogen-bond acceptors (Lipinski definition) is 3. The quantitative estimate of drug-likeness (QED) is 0.738. The van der Waals surface area contributed by atoms with E-state index in [-0.39, 0.29) is 0 Å². The smallest absolute Gasteiger partial charge is 0.121 e. The minimum Gasteiger partial charge on any atom is -0.492 e. The molecule has 110 valence electrons. The zero-order valence-electron chi connectivity index (χ0n) is 12.6. The van der Waals surface area contributed by atoms with E-state index in [4.69, 9.17) is 4.74 Å². The molecule has 0 saturated heterocycles. The van der Waals surface area contributed by atoms with Crippen molar-refractivity contribution >= 4 is 5.69 Å².